The summed E-state index contributed by atoms with van der Waals surface area (Å²) in [4.78, 5) is 19.1. The predicted octanol–water partition coefficient (Wildman–Crippen LogP) is 6.51. The fourth-order valence-corrected chi connectivity index (χ4v) is 4.14. The van der Waals surface area contributed by atoms with Crippen LogP contribution in [0.25, 0.3) is 39.0 Å². The number of hydrogen-bond acceptors (Lipinski definition) is 3. The van der Waals surface area contributed by atoms with Gasteiger partial charge in [0, 0.05) is 10.0 Å². The summed E-state index contributed by atoms with van der Waals surface area (Å²) in [7, 11) is 0. The van der Waals surface area contributed by atoms with Crippen molar-refractivity contribution in [3.05, 3.63) is 98.1 Å². The minimum atomic E-state index is -0.239. The molecule has 0 saturated heterocycles. The normalized spacial score (nSPS) is 11.2. The van der Waals surface area contributed by atoms with Crippen molar-refractivity contribution in [2.24, 2.45) is 0 Å². The zero-order valence-corrected chi connectivity index (χ0v) is 18.9. The van der Waals surface area contributed by atoms with E-state index in [0.29, 0.717) is 21.1 Å². The highest BCUT2D eigenvalue weighted by Gasteiger charge is 2.18. The van der Waals surface area contributed by atoms with Crippen molar-refractivity contribution in [2.45, 2.75) is 0 Å². The van der Waals surface area contributed by atoms with Crippen LogP contribution in [0.3, 0.4) is 0 Å². The van der Waals surface area contributed by atoms with Crippen LogP contribution < -0.4 is 5.56 Å². The molecule has 5 rings (SSSR count). The third-order valence-electron chi connectivity index (χ3n) is 5.01. The highest BCUT2D eigenvalue weighted by atomic mass is 79.9. The number of benzene rings is 3. The molecule has 1 N–H and O–H groups in total. The van der Waals surface area contributed by atoms with Crippen LogP contribution in [0, 0.1) is 0 Å². The van der Waals surface area contributed by atoms with Crippen LogP contribution in [0.2, 0.25) is 10.0 Å². The number of nitrogens with zero attached hydrogens (tertiary/aromatic N) is 3. The zero-order chi connectivity index (χ0) is 21.5. The molecule has 0 radical (unpaired) electrons. The van der Waals surface area contributed by atoms with Crippen LogP contribution in [-0.4, -0.2) is 19.7 Å². The van der Waals surface area contributed by atoms with E-state index in [-0.39, 0.29) is 5.56 Å². The van der Waals surface area contributed by atoms with E-state index in [4.69, 9.17) is 23.2 Å². The summed E-state index contributed by atoms with van der Waals surface area (Å²) in [5, 5.41) is 5.81. The van der Waals surface area contributed by atoms with E-state index in [2.05, 4.69) is 31.0 Å². The number of rotatable bonds is 3. The van der Waals surface area contributed by atoms with Gasteiger partial charge in [-0.2, -0.15) is 5.10 Å². The monoisotopic (exact) mass is 510 g/mol. The average molecular weight is 512 g/mol. The Bertz CT molecular complexity index is 1490. The Morgan fingerprint density at radius 3 is 2.48 bits per heavy atom. The highest BCUT2D eigenvalue weighted by molar-refractivity contribution is 9.10. The zero-order valence-electron chi connectivity index (χ0n) is 15.8. The van der Waals surface area contributed by atoms with Crippen molar-refractivity contribution in [1.29, 1.82) is 0 Å². The van der Waals surface area contributed by atoms with Crippen LogP contribution in [0.1, 0.15) is 0 Å². The number of hydrogen-bond donors (Lipinski definition) is 1. The van der Waals surface area contributed by atoms with Gasteiger partial charge < -0.3 is 4.98 Å². The van der Waals surface area contributed by atoms with Crippen molar-refractivity contribution >= 4 is 50.2 Å². The van der Waals surface area contributed by atoms with Crippen LogP contribution >= 0.6 is 39.1 Å². The standard InChI is InChI=1S/C23H13BrCl2N4O/c24-15-7-4-13(5-8-15)16-2-1-3-20(21(16)14-6-9-18(25)19(26)10-14)30-22-17(11-29-30)23(31)28-12-27-22/h1-12H,(H,27,28,31). The average Bonchev–Trinajstić information content (AvgIpc) is 3.21. The molecular weight excluding hydrogens is 499 g/mol. The summed E-state index contributed by atoms with van der Waals surface area (Å²) < 4.78 is 2.66. The second kappa shape index (κ2) is 7.96. The summed E-state index contributed by atoms with van der Waals surface area (Å²) in [5.41, 5.74) is 4.78. The van der Waals surface area contributed by atoms with Gasteiger partial charge >= 0.3 is 0 Å². The number of aromatic nitrogens is 4. The maximum Gasteiger partial charge on any atom is 0.261 e. The molecule has 31 heavy (non-hydrogen) atoms. The van der Waals surface area contributed by atoms with Crippen molar-refractivity contribution in [1.82, 2.24) is 19.7 Å². The summed E-state index contributed by atoms with van der Waals surface area (Å²) >= 11 is 16.0. The van der Waals surface area contributed by atoms with E-state index in [9.17, 15) is 4.79 Å². The van der Waals surface area contributed by atoms with Crippen LogP contribution in [0.5, 0.6) is 0 Å². The lowest BCUT2D eigenvalue weighted by molar-refractivity contribution is 0.896. The smallest absolute Gasteiger partial charge is 0.261 e. The molecule has 0 unspecified atom stereocenters. The Labute approximate surface area is 195 Å². The molecule has 0 spiro atoms. The largest absolute Gasteiger partial charge is 0.312 e. The van der Waals surface area contributed by atoms with E-state index in [1.165, 1.54) is 12.5 Å². The molecule has 2 aromatic heterocycles. The number of H-pyrrole nitrogens is 1. The first-order valence-corrected chi connectivity index (χ1v) is 10.8. The van der Waals surface area contributed by atoms with Gasteiger partial charge in [0.25, 0.3) is 5.56 Å². The number of nitrogens with one attached hydrogen (secondary N) is 1. The van der Waals surface area contributed by atoms with Crippen molar-refractivity contribution in [3.63, 3.8) is 0 Å². The molecule has 0 saturated carbocycles. The van der Waals surface area contributed by atoms with Crippen LogP contribution in [-0.2, 0) is 0 Å². The Kier molecular flexibility index (Phi) is 5.14. The second-order valence-corrected chi connectivity index (χ2v) is 8.59. The van der Waals surface area contributed by atoms with Gasteiger partial charge in [0.05, 0.1) is 28.3 Å². The molecule has 5 aromatic rings. The first-order valence-electron chi connectivity index (χ1n) is 9.29. The van der Waals surface area contributed by atoms with Gasteiger partial charge in [-0.15, -0.1) is 0 Å². The molecule has 0 amide bonds. The van der Waals surface area contributed by atoms with E-state index >= 15 is 0 Å². The minimum Gasteiger partial charge on any atom is -0.312 e. The summed E-state index contributed by atoms with van der Waals surface area (Å²) in [5.74, 6) is 0. The lowest BCUT2D eigenvalue weighted by atomic mass is 9.93. The third-order valence-corrected chi connectivity index (χ3v) is 6.27. The maximum absolute atomic E-state index is 12.2. The van der Waals surface area contributed by atoms with Gasteiger partial charge in [-0.25, -0.2) is 9.67 Å². The van der Waals surface area contributed by atoms with Crippen LogP contribution in [0.15, 0.2) is 82.5 Å². The SMILES string of the molecule is O=c1[nH]cnc2c1cnn2-c1cccc(-c2ccc(Br)cc2)c1-c1ccc(Cl)c(Cl)c1. The molecular formula is C23H13BrCl2N4O. The molecule has 5 nitrogen and oxygen atoms in total. The molecule has 0 aliphatic carbocycles. The van der Waals surface area contributed by atoms with Crippen molar-refractivity contribution in [3.8, 4) is 27.9 Å². The fourth-order valence-electron chi connectivity index (χ4n) is 3.57. The quantitative estimate of drug-likeness (QED) is 0.300. The molecule has 0 fully saturated rings. The van der Waals surface area contributed by atoms with Crippen molar-refractivity contribution in [2.75, 3.05) is 0 Å². The molecule has 2 heterocycles. The lowest BCUT2D eigenvalue weighted by Crippen LogP contribution is -2.07. The van der Waals surface area contributed by atoms with E-state index in [1.807, 2.05) is 54.6 Å². The topological polar surface area (TPSA) is 63.6 Å². The van der Waals surface area contributed by atoms with Gasteiger partial charge in [0.15, 0.2) is 5.65 Å². The molecule has 0 bridgehead atoms. The van der Waals surface area contributed by atoms with Gasteiger partial charge in [0.2, 0.25) is 0 Å². The molecule has 0 atom stereocenters. The third kappa shape index (κ3) is 3.57. The van der Waals surface area contributed by atoms with Crippen molar-refractivity contribution < 1.29 is 0 Å². The van der Waals surface area contributed by atoms with E-state index in [0.717, 1.165) is 32.4 Å². The maximum atomic E-state index is 12.2. The first-order chi connectivity index (χ1) is 15.0. The van der Waals surface area contributed by atoms with E-state index in [1.54, 1.807) is 10.7 Å². The minimum absolute atomic E-state index is 0.239. The first kappa shape index (κ1) is 20.0. The predicted molar refractivity (Wildman–Crippen MR) is 128 cm³/mol. The Morgan fingerprint density at radius 2 is 1.71 bits per heavy atom. The Morgan fingerprint density at radius 1 is 0.935 bits per heavy atom. The number of halogens is 3. The van der Waals surface area contributed by atoms with Gasteiger partial charge in [-0.3, -0.25) is 4.79 Å². The molecule has 0 aliphatic heterocycles. The lowest BCUT2D eigenvalue weighted by Gasteiger charge is -2.17. The highest BCUT2D eigenvalue weighted by Crippen LogP contribution is 2.39. The van der Waals surface area contributed by atoms with Gasteiger partial charge in [-0.05, 0) is 47.0 Å². The summed E-state index contributed by atoms with van der Waals surface area (Å²) in [6, 6.07) is 19.5. The van der Waals surface area contributed by atoms with E-state index < -0.39 is 0 Å². The fraction of sp³-hybridized carbons (Fsp3) is 0. The number of fused-ring (bicyclic) bond motifs is 1. The van der Waals surface area contributed by atoms with Crippen LogP contribution in [0.4, 0.5) is 0 Å². The summed E-state index contributed by atoms with van der Waals surface area (Å²) in [6.07, 6.45) is 2.90. The number of aromatic amines is 1. The van der Waals surface area contributed by atoms with Gasteiger partial charge in [0.1, 0.15) is 5.39 Å². The molecule has 3 aromatic carbocycles. The second-order valence-electron chi connectivity index (χ2n) is 6.86. The molecule has 0 aliphatic rings. The van der Waals surface area contributed by atoms with Gasteiger partial charge in [-0.1, -0.05) is 69.5 Å². The Balaban J connectivity index is 1.85. The molecule has 152 valence electrons. The summed E-state index contributed by atoms with van der Waals surface area (Å²) in [6.45, 7) is 0. The molecule has 8 heteroatoms. The Hall–Kier alpha value is -2.93.